The van der Waals surface area contributed by atoms with Gasteiger partial charge in [0.15, 0.2) is 11.5 Å². The van der Waals surface area contributed by atoms with E-state index in [0.29, 0.717) is 39.1 Å². The van der Waals surface area contributed by atoms with E-state index >= 15 is 0 Å². The van der Waals surface area contributed by atoms with Crippen LogP contribution in [0.5, 0.6) is 0 Å². The Hall–Kier alpha value is -5.69. The van der Waals surface area contributed by atoms with E-state index in [1.54, 1.807) is 54.5 Å². The van der Waals surface area contributed by atoms with Crippen molar-refractivity contribution >= 4 is 28.3 Å². The molecule has 2 aromatic carbocycles. The van der Waals surface area contributed by atoms with Gasteiger partial charge in [-0.05, 0) is 37.6 Å². The Labute approximate surface area is 234 Å². The number of hydrogen-bond donors (Lipinski definition) is 2. The van der Waals surface area contributed by atoms with Crippen molar-refractivity contribution in [2.75, 3.05) is 5.73 Å². The van der Waals surface area contributed by atoms with Gasteiger partial charge >= 0.3 is 0 Å². The van der Waals surface area contributed by atoms with Crippen LogP contribution in [0.1, 0.15) is 45.9 Å². The molecule has 0 bridgehead atoms. The fraction of sp³-hybridized carbons (Fsp3) is 0.129. The summed E-state index contributed by atoms with van der Waals surface area (Å²) >= 11 is 0. The summed E-state index contributed by atoms with van der Waals surface area (Å²) in [4.78, 5) is 31.8. The lowest BCUT2D eigenvalue weighted by Gasteiger charge is -2.18. The van der Waals surface area contributed by atoms with Crippen LogP contribution in [0.15, 0.2) is 82.4 Å². The first-order valence-electron chi connectivity index (χ1n) is 12.9. The SMILES string of the molecule is Cc1c(C#Cc2cccc3oc([C@H](C)NC(=O)c4c(N)nn5cccnc45)c(-c4ccccc4)c(=O)c23)cnn1C. The van der Waals surface area contributed by atoms with E-state index in [2.05, 4.69) is 32.3 Å². The normalized spacial score (nSPS) is 11.8. The van der Waals surface area contributed by atoms with Crippen molar-refractivity contribution in [3.63, 3.8) is 0 Å². The van der Waals surface area contributed by atoms with Gasteiger partial charge in [-0.3, -0.25) is 14.3 Å². The minimum atomic E-state index is -0.708. The first kappa shape index (κ1) is 25.6. The molecule has 1 amide bonds. The number of carbonyl (C=O) groups excluding carboxylic acids is 1. The number of aromatic nitrogens is 5. The largest absolute Gasteiger partial charge is 0.458 e. The molecule has 0 fully saturated rings. The Bertz CT molecular complexity index is 2080. The van der Waals surface area contributed by atoms with Gasteiger partial charge in [0.25, 0.3) is 5.91 Å². The molecule has 4 aromatic heterocycles. The van der Waals surface area contributed by atoms with E-state index in [-0.39, 0.29) is 16.8 Å². The van der Waals surface area contributed by atoms with E-state index < -0.39 is 11.9 Å². The van der Waals surface area contributed by atoms with Gasteiger partial charge in [0.1, 0.15) is 16.9 Å². The van der Waals surface area contributed by atoms with E-state index in [4.69, 9.17) is 10.2 Å². The molecular formula is C31H25N7O3. The number of nitrogens with two attached hydrogens (primary N) is 1. The van der Waals surface area contributed by atoms with Crippen LogP contribution in [0.25, 0.3) is 27.7 Å². The van der Waals surface area contributed by atoms with Crippen molar-refractivity contribution in [3.8, 4) is 23.0 Å². The molecule has 4 heterocycles. The molecule has 202 valence electrons. The quantitative estimate of drug-likeness (QED) is 0.321. The molecule has 0 aliphatic heterocycles. The number of nitrogen functional groups attached to an aromatic ring is 1. The number of carbonyl (C=O) groups is 1. The van der Waals surface area contributed by atoms with Crippen molar-refractivity contribution in [2.45, 2.75) is 19.9 Å². The summed E-state index contributed by atoms with van der Waals surface area (Å²) in [6.07, 6.45) is 4.91. The van der Waals surface area contributed by atoms with Crippen molar-refractivity contribution in [3.05, 3.63) is 112 Å². The van der Waals surface area contributed by atoms with Gasteiger partial charge < -0.3 is 15.5 Å². The predicted molar refractivity (Wildman–Crippen MR) is 155 cm³/mol. The number of rotatable bonds is 4. The third-order valence-electron chi connectivity index (χ3n) is 6.97. The van der Waals surface area contributed by atoms with Crippen LogP contribution in [0.3, 0.4) is 0 Å². The lowest BCUT2D eigenvalue weighted by atomic mass is 9.97. The zero-order valence-electron chi connectivity index (χ0n) is 22.5. The molecule has 0 spiro atoms. The van der Waals surface area contributed by atoms with Crippen LogP contribution in [0, 0.1) is 18.8 Å². The Kier molecular flexibility index (Phi) is 6.32. The highest BCUT2D eigenvalue weighted by Crippen LogP contribution is 2.30. The van der Waals surface area contributed by atoms with E-state index in [1.807, 2.05) is 44.3 Å². The third kappa shape index (κ3) is 4.49. The molecule has 3 N–H and O–H groups in total. The van der Waals surface area contributed by atoms with Crippen LogP contribution >= 0.6 is 0 Å². The summed E-state index contributed by atoms with van der Waals surface area (Å²) in [5.74, 6) is 6.13. The number of amides is 1. The predicted octanol–water partition coefficient (Wildman–Crippen LogP) is 4.02. The second-order valence-corrected chi connectivity index (χ2v) is 9.58. The van der Waals surface area contributed by atoms with Crippen LogP contribution in [-0.4, -0.2) is 30.3 Å². The Morgan fingerprint density at radius 2 is 1.85 bits per heavy atom. The number of fused-ring (bicyclic) bond motifs is 2. The van der Waals surface area contributed by atoms with Crippen molar-refractivity contribution < 1.29 is 9.21 Å². The molecule has 1 atom stereocenters. The molecule has 0 aliphatic carbocycles. The highest BCUT2D eigenvalue weighted by molar-refractivity contribution is 6.04. The molecule has 0 unspecified atom stereocenters. The van der Waals surface area contributed by atoms with Crippen LogP contribution in [0.4, 0.5) is 5.82 Å². The fourth-order valence-corrected chi connectivity index (χ4v) is 4.76. The summed E-state index contributed by atoms with van der Waals surface area (Å²) in [6, 6.07) is 15.5. The lowest BCUT2D eigenvalue weighted by Crippen LogP contribution is -2.28. The number of anilines is 1. The van der Waals surface area contributed by atoms with E-state index in [1.165, 1.54) is 4.52 Å². The Morgan fingerprint density at radius 1 is 1.07 bits per heavy atom. The van der Waals surface area contributed by atoms with Gasteiger partial charge in [0, 0.05) is 25.0 Å². The second kappa shape index (κ2) is 10.1. The molecule has 0 saturated heterocycles. The summed E-state index contributed by atoms with van der Waals surface area (Å²) in [5, 5.41) is 11.7. The molecule has 41 heavy (non-hydrogen) atoms. The number of aryl methyl sites for hydroxylation is 1. The lowest BCUT2D eigenvalue weighted by molar-refractivity contribution is 0.0938. The van der Waals surface area contributed by atoms with E-state index in [9.17, 15) is 9.59 Å². The average Bonchev–Trinajstić information content (AvgIpc) is 3.49. The highest BCUT2D eigenvalue weighted by Gasteiger charge is 2.26. The van der Waals surface area contributed by atoms with Gasteiger partial charge in [-0.25, -0.2) is 9.50 Å². The molecule has 0 radical (unpaired) electrons. The first-order chi connectivity index (χ1) is 19.8. The molecular weight excluding hydrogens is 518 g/mol. The zero-order valence-corrected chi connectivity index (χ0v) is 22.5. The van der Waals surface area contributed by atoms with Crippen LogP contribution in [-0.2, 0) is 7.05 Å². The average molecular weight is 544 g/mol. The summed E-state index contributed by atoms with van der Waals surface area (Å²) in [5.41, 5.74) is 9.85. The second-order valence-electron chi connectivity index (χ2n) is 9.58. The summed E-state index contributed by atoms with van der Waals surface area (Å²) in [6.45, 7) is 3.68. The van der Waals surface area contributed by atoms with Gasteiger partial charge in [0.2, 0.25) is 5.43 Å². The highest BCUT2D eigenvalue weighted by atomic mass is 16.3. The molecule has 0 saturated carbocycles. The molecule has 10 nitrogen and oxygen atoms in total. The molecule has 6 aromatic rings. The maximum absolute atomic E-state index is 14.2. The van der Waals surface area contributed by atoms with Gasteiger partial charge in [-0.1, -0.05) is 48.2 Å². The third-order valence-corrected chi connectivity index (χ3v) is 6.97. The van der Waals surface area contributed by atoms with Gasteiger partial charge in [-0.2, -0.15) is 5.10 Å². The number of nitrogens with one attached hydrogen (secondary N) is 1. The van der Waals surface area contributed by atoms with Crippen LogP contribution < -0.4 is 16.5 Å². The Morgan fingerprint density at radius 3 is 2.61 bits per heavy atom. The van der Waals surface area contributed by atoms with Gasteiger partial charge in [0.05, 0.1) is 34.4 Å². The summed E-state index contributed by atoms with van der Waals surface area (Å²) < 4.78 is 9.56. The monoisotopic (exact) mass is 543 g/mol. The van der Waals surface area contributed by atoms with Gasteiger partial charge in [-0.15, -0.1) is 5.10 Å². The summed E-state index contributed by atoms with van der Waals surface area (Å²) in [7, 11) is 1.85. The molecule has 10 heteroatoms. The van der Waals surface area contributed by atoms with Crippen molar-refractivity contribution in [1.29, 1.82) is 0 Å². The standard InChI is InChI=1S/C31H25N7O3/c1-18(35-31(40)26-29(32)36-38-16-8-15-33-30(26)38)28-25(20-9-5-4-6-10-20)27(39)24-21(11-7-12-23(24)41-28)13-14-22-17-34-37(3)19(22)2/h4-12,15-18H,1-3H3,(H2,32,36)(H,35,40)/t18-/m0/s1. The maximum Gasteiger partial charge on any atom is 0.259 e. The van der Waals surface area contributed by atoms with Crippen LogP contribution in [0.2, 0.25) is 0 Å². The topological polar surface area (TPSA) is 133 Å². The fourth-order valence-electron chi connectivity index (χ4n) is 4.76. The minimum absolute atomic E-state index is 0.0451. The van der Waals surface area contributed by atoms with Crippen molar-refractivity contribution in [2.24, 2.45) is 7.05 Å². The number of nitrogens with zero attached hydrogens (tertiary/aromatic N) is 5. The Balaban J connectivity index is 1.48. The number of hydrogen-bond acceptors (Lipinski definition) is 7. The minimum Gasteiger partial charge on any atom is -0.458 e. The molecule has 6 rings (SSSR count). The molecule has 0 aliphatic rings. The van der Waals surface area contributed by atoms with Crippen molar-refractivity contribution in [1.82, 2.24) is 29.7 Å². The smallest absolute Gasteiger partial charge is 0.259 e. The van der Waals surface area contributed by atoms with E-state index in [0.717, 1.165) is 11.3 Å². The maximum atomic E-state index is 14.2. The number of benzene rings is 2. The first-order valence-corrected chi connectivity index (χ1v) is 12.9. The zero-order chi connectivity index (χ0) is 28.7.